The molecule has 8 heavy (non-hydrogen) atoms. The second-order valence-electron chi connectivity index (χ2n) is 1.76. The van der Waals surface area contributed by atoms with Crippen molar-refractivity contribution in [3.8, 4) is 0 Å². The molecule has 0 amide bonds. The largest absolute Gasteiger partial charge is 0.148 e. The van der Waals surface area contributed by atoms with Crippen LogP contribution in [0.4, 0.5) is 0 Å². The fourth-order valence-corrected chi connectivity index (χ4v) is 3.24. The summed E-state index contributed by atoms with van der Waals surface area (Å²) in [6.45, 7) is 5.46. The first kappa shape index (κ1) is 6.81. The predicted molar refractivity (Wildman–Crippen MR) is 42.2 cm³/mol. The SMILES string of the molecule is [CH]CC1SCCCS1. The number of hydrogen-bond donors (Lipinski definition) is 0. The van der Waals surface area contributed by atoms with E-state index < -0.39 is 0 Å². The Morgan fingerprint density at radius 3 is 2.38 bits per heavy atom. The van der Waals surface area contributed by atoms with Crippen molar-refractivity contribution in [3.05, 3.63) is 6.92 Å². The first-order valence-corrected chi connectivity index (χ1v) is 4.96. The van der Waals surface area contributed by atoms with Crippen LogP contribution >= 0.6 is 23.5 Å². The van der Waals surface area contributed by atoms with E-state index in [9.17, 15) is 0 Å². The van der Waals surface area contributed by atoms with Crippen molar-refractivity contribution in [3.63, 3.8) is 0 Å². The molecule has 0 spiro atoms. The summed E-state index contributed by atoms with van der Waals surface area (Å²) in [5.74, 6) is 2.63. The van der Waals surface area contributed by atoms with Gasteiger partial charge < -0.3 is 0 Å². The molecular weight excluding hydrogens is 136 g/mol. The Morgan fingerprint density at radius 1 is 1.38 bits per heavy atom. The molecular formula is C6H10S2. The lowest BCUT2D eigenvalue weighted by Gasteiger charge is -2.18. The van der Waals surface area contributed by atoms with Gasteiger partial charge in [0.05, 0.1) is 4.58 Å². The van der Waals surface area contributed by atoms with Gasteiger partial charge in [0.25, 0.3) is 0 Å². The molecule has 1 rings (SSSR count). The summed E-state index contributed by atoms with van der Waals surface area (Å²) in [5, 5.41) is 0. The van der Waals surface area contributed by atoms with E-state index in [0.717, 1.165) is 6.42 Å². The Kier molecular flexibility index (Phi) is 3.13. The third-order valence-corrected chi connectivity index (χ3v) is 4.08. The van der Waals surface area contributed by atoms with Gasteiger partial charge in [-0.05, 0) is 31.3 Å². The highest BCUT2D eigenvalue weighted by Gasteiger charge is 2.10. The van der Waals surface area contributed by atoms with Crippen LogP contribution in [0.5, 0.6) is 0 Å². The molecule has 0 aromatic rings. The van der Waals surface area contributed by atoms with Crippen molar-refractivity contribution in [1.82, 2.24) is 0 Å². The van der Waals surface area contributed by atoms with Gasteiger partial charge in [-0.3, -0.25) is 0 Å². The Labute approximate surface area is 59.8 Å². The molecule has 0 aromatic carbocycles. The molecule has 1 aliphatic heterocycles. The molecule has 0 bridgehead atoms. The molecule has 46 valence electrons. The van der Waals surface area contributed by atoms with Crippen molar-refractivity contribution in [2.24, 2.45) is 0 Å². The smallest absolute Gasteiger partial charge is 0.0505 e. The van der Waals surface area contributed by atoms with Gasteiger partial charge in [-0.15, -0.1) is 23.5 Å². The van der Waals surface area contributed by atoms with E-state index in [1.165, 1.54) is 17.9 Å². The van der Waals surface area contributed by atoms with Crippen LogP contribution in [0.25, 0.3) is 0 Å². The normalized spacial score (nSPS) is 23.6. The van der Waals surface area contributed by atoms with E-state index in [0.29, 0.717) is 4.58 Å². The molecule has 1 saturated heterocycles. The number of hydrogen-bond acceptors (Lipinski definition) is 2. The molecule has 0 saturated carbocycles. The van der Waals surface area contributed by atoms with Crippen molar-refractivity contribution in [2.45, 2.75) is 17.4 Å². The zero-order chi connectivity index (χ0) is 5.82. The second kappa shape index (κ2) is 3.67. The third kappa shape index (κ3) is 1.90. The van der Waals surface area contributed by atoms with Crippen molar-refractivity contribution < 1.29 is 0 Å². The summed E-state index contributed by atoms with van der Waals surface area (Å²) in [6, 6.07) is 0. The van der Waals surface area contributed by atoms with E-state index in [2.05, 4.69) is 0 Å². The van der Waals surface area contributed by atoms with Crippen LogP contribution in [0.15, 0.2) is 0 Å². The zero-order valence-corrected chi connectivity index (χ0v) is 6.43. The van der Waals surface area contributed by atoms with Gasteiger partial charge in [-0.2, -0.15) is 0 Å². The van der Waals surface area contributed by atoms with Gasteiger partial charge in [-0.1, -0.05) is 0 Å². The standard InChI is InChI=1S/C6H10S2/c1-2-6-7-4-3-5-8-6/h1,6H,2-5H2. The van der Waals surface area contributed by atoms with Gasteiger partial charge in [-0.25, -0.2) is 0 Å². The highest BCUT2D eigenvalue weighted by atomic mass is 32.2. The van der Waals surface area contributed by atoms with Crippen LogP contribution in [0.3, 0.4) is 0 Å². The predicted octanol–water partition coefficient (Wildman–Crippen LogP) is 2.28. The average Bonchev–Trinajstić information content (AvgIpc) is 1.90. The summed E-state index contributed by atoms with van der Waals surface area (Å²) in [5.41, 5.74) is 0. The molecule has 1 heterocycles. The Balaban J connectivity index is 2.13. The Bertz CT molecular complexity index is 57.5. The lowest BCUT2D eigenvalue weighted by molar-refractivity contribution is 1.07. The molecule has 2 radical (unpaired) electrons. The van der Waals surface area contributed by atoms with Crippen LogP contribution in [-0.4, -0.2) is 16.1 Å². The molecule has 0 aromatic heterocycles. The maximum absolute atomic E-state index is 5.46. The van der Waals surface area contributed by atoms with Crippen LogP contribution in [0.1, 0.15) is 12.8 Å². The molecule has 0 aliphatic carbocycles. The maximum atomic E-state index is 5.46. The number of thioether (sulfide) groups is 2. The summed E-state index contributed by atoms with van der Waals surface area (Å²) in [6.07, 6.45) is 2.21. The average molecular weight is 146 g/mol. The van der Waals surface area contributed by atoms with Crippen LogP contribution in [0, 0.1) is 6.92 Å². The van der Waals surface area contributed by atoms with Gasteiger partial charge in [0.1, 0.15) is 0 Å². The van der Waals surface area contributed by atoms with E-state index in [1.54, 1.807) is 0 Å². The minimum atomic E-state index is 0.698. The minimum absolute atomic E-state index is 0.698. The second-order valence-corrected chi connectivity index (χ2v) is 4.68. The summed E-state index contributed by atoms with van der Waals surface area (Å²) in [4.78, 5) is 0. The summed E-state index contributed by atoms with van der Waals surface area (Å²) in [7, 11) is 0. The fourth-order valence-electron chi connectivity index (χ4n) is 0.673. The van der Waals surface area contributed by atoms with Gasteiger partial charge >= 0.3 is 0 Å². The molecule has 1 fully saturated rings. The first-order valence-electron chi connectivity index (χ1n) is 2.87. The van der Waals surface area contributed by atoms with Gasteiger partial charge in [0.15, 0.2) is 0 Å². The zero-order valence-electron chi connectivity index (χ0n) is 4.80. The van der Waals surface area contributed by atoms with E-state index in [4.69, 9.17) is 6.92 Å². The fraction of sp³-hybridized carbons (Fsp3) is 0.833. The third-order valence-electron chi connectivity index (χ3n) is 1.09. The lowest BCUT2D eigenvalue weighted by atomic mass is 10.5. The van der Waals surface area contributed by atoms with Gasteiger partial charge in [0.2, 0.25) is 0 Å². The van der Waals surface area contributed by atoms with E-state index in [1.807, 2.05) is 23.5 Å². The lowest BCUT2D eigenvalue weighted by Crippen LogP contribution is -2.04. The number of rotatable bonds is 1. The Morgan fingerprint density at radius 2 is 2.00 bits per heavy atom. The molecule has 0 N–H and O–H groups in total. The van der Waals surface area contributed by atoms with Crippen LogP contribution < -0.4 is 0 Å². The van der Waals surface area contributed by atoms with E-state index in [-0.39, 0.29) is 0 Å². The molecule has 2 heteroatoms. The molecule has 0 atom stereocenters. The van der Waals surface area contributed by atoms with E-state index >= 15 is 0 Å². The molecule has 1 aliphatic rings. The topological polar surface area (TPSA) is 0 Å². The highest BCUT2D eigenvalue weighted by Crippen LogP contribution is 2.31. The molecule has 0 unspecified atom stereocenters. The summed E-state index contributed by atoms with van der Waals surface area (Å²) < 4.78 is 0.698. The van der Waals surface area contributed by atoms with Crippen molar-refractivity contribution in [2.75, 3.05) is 11.5 Å². The Hall–Kier alpha value is 0.700. The maximum Gasteiger partial charge on any atom is 0.0505 e. The van der Waals surface area contributed by atoms with Crippen molar-refractivity contribution >= 4 is 23.5 Å². The minimum Gasteiger partial charge on any atom is -0.148 e. The van der Waals surface area contributed by atoms with Gasteiger partial charge in [0, 0.05) is 0 Å². The van der Waals surface area contributed by atoms with Crippen molar-refractivity contribution in [1.29, 1.82) is 0 Å². The quantitative estimate of drug-likeness (QED) is 0.556. The molecule has 0 nitrogen and oxygen atoms in total. The summed E-state index contributed by atoms with van der Waals surface area (Å²) >= 11 is 4.00. The highest BCUT2D eigenvalue weighted by molar-refractivity contribution is 8.17. The monoisotopic (exact) mass is 146 g/mol. The van der Waals surface area contributed by atoms with Crippen LogP contribution in [-0.2, 0) is 0 Å². The first-order chi connectivity index (χ1) is 3.93. The van der Waals surface area contributed by atoms with Crippen LogP contribution in [0.2, 0.25) is 0 Å².